The zero-order chi connectivity index (χ0) is 12.2. The molecule has 0 fully saturated rings. The summed E-state index contributed by atoms with van der Waals surface area (Å²) in [6.45, 7) is 0.248. The Kier molecular flexibility index (Phi) is 4.19. The second-order valence-corrected chi connectivity index (χ2v) is 4.99. The molecule has 0 spiro atoms. The van der Waals surface area contributed by atoms with Crippen LogP contribution in [0.15, 0.2) is 18.2 Å². The van der Waals surface area contributed by atoms with E-state index in [2.05, 4.69) is 5.32 Å². The summed E-state index contributed by atoms with van der Waals surface area (Å²) in [5, 5.41) is 2.66. The monoisotopic (exact) mass is 250 g/mol. The third-order valence-electron chi connectivity index (χ3n) is 1.82. The zero-order valence-electron chi connectivity index (χ0n) is 8.63. The molecule has 0 bridgehead atoms. The number of hydrogen-bond donors (Lipinski definition) is 2. The van der Waals surface area contributed by atoms with Crippen molar-refractivity contribution in [1.29, 1.82) is 0 Å². The molecule has 0 aromatic heterocycles. The maximum absolute atomic E-state index is 13.1. The Balaban J connectivity index is 2.80. The summed E-state index contributed by atoms with van der Waals surface area (Å²) < 4.78 is 50.5. The van der Waals surface area contributed by atoms with Gasteiger partial charge >= 0.3 is 0 Å². The summed E-state index contributed by atoms with van der Waals surface area (Å²) in [6.07, 6.45) is 0. The van der Waals surface area contributed by atoms with Gasteiger partial charge in [-0.1, -0.05) is 0 Å². The maximum atomic E-state index is 13.1. The maximum Gasteiger partial charge on any atom is 0.234 e. The highest BCUT2D eigenvalue weighted by Gasteiger charge is 2.12. The quantitative estimate of drug-likeness (QED) is 0.817. The highest BCUT2D eigenvalue weighted by atomic mass is 32.2. The molecule has 2 N–H and O–H groups in total. The van der Waals surface area contributed by atoms with Crippen LogP contribution in [0.4, 0.5) is 14.5 Å². The van der Waals surface area contributed by atoms with Crippen molar-refractivity contribution in [3.63, 3.8) is 0 Å². The minimum Gasteiger partial charge on any atom is -0.319 e. The van der Waals surface area contributed by atoms with E-state index in [-0.39, 0.29) is 18.0 Å². The molecular weight excluding hydrogens is 238 g/mol. The Hall–Kier alpha value is -1.21. The standard InChI is InChI=1S/C9H12F2N2O2S/c1-12-4-5-16(14,15)13-9-3-2-7(10)6-8(9)11/h2-3,6,12-13H,4-5H2,1H3. The van der Waals surface area contributed by atoms with E-state index in [1.54, 1.807) is 7.05 Å². The molecule has 0 aliphatic carbocycles. The van der Waals surface area contributed by atoms with Gasteiger partial charge in [0.2, 0.25) is 10.0 Å². The Morgan fingerprint density at radius 1 is 1.31 bits per heavy atom. The van der Waals surface area contributed by atoms with Gasteiger partial charge in [-0.3, -0.25) is 4.72 Å². The van der Waals surface area contributed by atoms with Crippen LogP contribution in [0.25, 0.3) is 0 Å². The summed E-state index contributed by atoms with van der Waals surface area (Å²) in [6, 6.07) is 2.65. The molecular formula is C9H12F2N2O2S. The van der Waals surface area contributed by atoms with E-state index in [0.29, 0.717) is 6.07 Å². The smallest absolute Gasteiger partial charge is 0.234 e. The fraction of sp³-hybridized carbons (Fsp3) is 0.333. The Bertz CT molecular complexity index is 463. The van der Waals surface area contributed by atoms with E-state index >= 15 is 0 Å². The number of benzene rings is 1. The SMILES string of the molecule is CNCCS(=O)(=O)Nc1ccc(F)cc1F. The zero-order valence-corrected chi connectivity index (χ0v) is 9.44. The van der Waals surface area contributed by atoms with Crippen molar-refractivity contribution in [2.45, 2.75) is 0 Å². The summed E-state index contributed by atoms with van der Waals surface area (Å²) in [7, 11) is -2.00. The molecule has 0 amide bonds. The van der Waals surface area contributed by atoms with Crippen LogP contribution in [-0.2, 0) is 10.0 Å². The van der Waals surface area contributed by atoms with Crippen LogP contribution in [-0.4, -0.2) is 27.8 Å². The molecule has 7 heteroatoms. The van der Waals surface area contributed by atoms with Gasteiger partial charge in [-0.15, -0.1) is 0 Å². The van der Waals surface area contributed by atoms with Crippen molar-refractivity contribution in [2.75, 3.05) is 24.1 Å². The third kappa shape index (κ3) is 3.74. The van der Waals surface area contributed by atoms with Crippen LogP contribution in [0.1, 0.15) is 0 Å². The Morgan fingerprint density at radius 3 is 2.56 bits per heavy atom. The summed E-state index contributed by atoms with van der Waals surface area (Å²) >= 11 is 0. The second-order valence-electron chi connectivity index (χ2n) is 3.15. The van der Waals surface area contributed by atoms with Gasteiger partial charge in [0.1, 0.15) is 11.6 Å². The van der Waals surface area contributed by atoms with Crippen LogP contribution in [0.2, 0.25) is 0 Å². The predicted octanol–water partition coefficient (Wildman–Crippen LogP) is 0.926. The first-order valence-electron chi connectivity index (χ1n) is 4.55. The van der Waals surface area contributed by atoms with E-state index < -0.39 is 21.7 Å². The lowest BCUT2D eigenvalue weighted by atomic mass is 10.3. The lowest BCUT2D eigenvalue weighted by molar-refractivity contribution is 0.582. The van der Waals surface area contributed by atoms with Gasteiger partial charge in [-0.25, -0.2) is 17.2 Å². The van der Waals surface area contributed by atoms with Crippen LogP contribution in [0.5, 0.6) is 0 Å². The van der Waals surface area contributed by atoms with E-state index in [0.717, 1.165) is 12.1 Å². The summed E-state index contributed by atoms with van der Waals surface area (Å²) in [4.78, 5) is 0. The number of halogens is 2. The van der Waals surface area contributed by atoms with Crippen molar-refractivity contribution < 1.29 is 17.2 Å². The van der Waals surface area contributed by atoms with Gasteiger partial charge in [-0.2, -0.15) is 0 Å². The van der Waals surface area contributed by atoms with Gasteiger partial charge < -0.3 is 5.32 Å². The normalized spacial score (nSPS) is 11.4. The summed E-state index contributed by atoms with van der Waals surface area (Å²) in [5.74, 6) is -1.87. The average Bonchev–Trinajstić information content (AvgIpc) is 2.19. The van der Waals surface area contributed by atoms with Gasteiger partial charge in [0.25, 0.3) is 0 Å². The van der Waals surface area contributed by atoms with Gasteiger partial charge in [0.05, 0.1) is 11.4 Å². The highest BCUT2D eigenvalue weighted by molar-refractivity contribution is 7.92. The Morgan fingerprint density at radius 2 is 2.00 bits per heavy atom. The van der Waals surface area contributed by atoms with Crippen LogP contribution < -0.4 is 10.0 Å². The average molecular weight is 250 g/mol. The van der Waals surface area contributed by atoms with E-state index in [9.17, 15) is 17.2 Å². The molecule has 0 heterocycles. The van der Waals surface area contributed by atoms with Gasteiger partial charge in [0.15, 0.2) is 0 Å². The lowest BCUT2D eigenvalue weighted by Crippen LogP contribution is -2.24. The molecule has 0 atom stereocenters. The van der Waals surface area contributed by atoms with Crippen molar-refractivity contribution in [3.8, 4) is 0 Å². The van der Waals surface area contributed by atoms with Gasteiger partial charge in [-0.05, 0) is 19.2 Å². The van der Waals surface area contributed by atoms with Crippen LogP contribution in [0, 0.1) is 11.6 Å². The number of anilines is 1. The van der Waals surface area contributed by atoms with E-state index in [1.807, 2.05) is 4.72 Å². The number of hydrogen-bond acceptors (Lipinski definition) is 3. The fourth-order valence-electron chi connectivity index (χ4n) is 1.03. The minimum atomic E-state index is -3.61. The molecule has 1 aromatic rings. The largest absolute Gasteiger partial charge is 0.319 e. The number of nitrogens with one attached hydrogen (secondary N) is 2. The molecule has 16 heavy (non-hydrogen) atoms. The van der Waals surface area contributed by atoms with Crippen molar-refractivity contribution in [1.82, 2.24) is 5.32 Å². The minimum absolute atomic E-state index is 0.180. The first-order chi connectivity index (χ1) is 7.44. The Labute approximate surface area is 92.7 Å². The number of sulfonamides is 1. The predicted molar refractivity (Wildman–Crippen MR) is 57.7 cm³/mol. The molecule has 1 rings (SSSR count). The van der Waals surface area contributed by atoms with Gasteiger partial charge in [0, 0.05) is 12.6 Å². The molecule has 90 valence electrons. The lowest BCUT2D eigenvalue weighted by Gasteiger charge is -2.08. The first-order valence-corrected chi connectivity index (χ1v) is 6.20. The molecule has 0 unspecified atom stereocenters. The van der Waals surface area contributed by atoms with Crippen molar-refractivity contribution >= 4 is 15.7 Å². The molecule has 0 radical (unpaired) electrons. The van der Waals surface area contributed by atoms with E-state index in [1.165, 1.54) is 0 Å². The first kappa shape index (κ1) is 12.9. The van der Waals surface area contributed by atoms with E-state index in [4.69, 9.17) is 0 Å². The van der Waals surface area contributed by atoms with Crippen LogP contribution in [0.3, 0.4) is 0 Å². The molecule has 1 aromatic carbocycles. The summed E-state index contributed by atoms with van der Waals surface area (Å²) in [5.41, 5.74) is -0.252. The molecule has 0 saturated heterocycles. The van der Waals surface area contributed by atoms with Crippen molar-refractivity contribution in [3.05, 3.63) is 29.8 Å². The fourth-order valence-corrected chi connectivity index (χ4v) is 2.10. The molecule has 0 aliphatic heterocycles. The highest BCUT2D eigenvalue weighted by Crippen LogP contribution is 2.16. The number of rotatable bonds is 5. The molecule has 0 saturated carbocycles. The van der Waals surface area contributed by atoms with Crippen LogP contribution >= 0.6 is 0 Å². The van der Waals surface area contributed by atoms with Crippen molar-refractivity contribution in [2.24, 2.45) is 0 Å². The third-order valence-corrected chi connectivity index (χ3v) is 3.09. The topological polar surface area (TPSA) is 58.2 Å². The molecule has 0 aliphatic rings. The second kappa shape index (κ2) is 5.22. The molecule has 4 nitrogen and oxygen atoms in total.